The van der Waals surface area contributed by atoms with E-state index >= 15 is 0 Å². The van der Waals surface area contributed by atoms with Gasteiger partial charge >= 0.3 is 5.97 Å². The number of carbonyl (C=O) groups is 1. The van der Waals surface area contributed by atoms with Crippen LogP contribution < -0.4 is 0 Å². The summed E-state index contributed by atoms with van der Waals surface area (Å²) in [5.74, 6) is -0.384. The van der Waals surface area contributed by atoms with Crippen LogP contribution in [0.15, 0.2) is 11.1 Å². The third kappa shape index (κ3) is 1.25. The van der Waals surface area contributed by atoms with Crippen LogP contribution in [0.2, 0.25) is 0 Å². The lowest BCUT2D eigenvalue weighted by Crippen LogP contribution is -2.71. The average Bonchev–Trinajstić information content (AvgIpc) is 3.50. The molecular weight excluding hydrogens is 352 g/mol. The monoisotopic (exact) mass is 376 g/mol. The minimum absolute atomic E-state index is 0.128. The number of rotatable bonds is 1. The van der Waals surface area contributed by atoms with Gasteiger partial charge in [0.2, 0.25) is 0 Å². The summed E-state index contributed by atoms with van der Waals surface area (Å²) in [5, 5.41) is 22.7. The standard InChI is InChI=1S/C20H24O7/c1-7(2)18-13(25-18)14-20(27-14)17(3)5-4-8-9(6-24-15(8)22)10(17)11(21)12-19(20,26-12)16(18)23/h7,10-14,16,21,23H,4-6H2,1-3H3/t10-,11-,12+,13+,14+,16-,17+,18+,19-,20-/m1/s1. The molecule has 2 N–H and O–H groups in total. The van der Waals surface area contributed by atoms with Crippen molar-refractivity contribution >= 4 is 5.97 Å². The van der Waals surface area contributed by atoms with E-state index in [1.165, 1.54) is 0 Å². The first-order valence-corrected chi connectivity index (χ1v) is 10.1. The van der Waals surface area contributed by atoms with Gasteiger partial charge in [0.25, 0.3) is 0 Å². The summed E-state index contributed by atoms with van der Waals surface area (Å²) >= 11 is 0. The highest BCUT2D eigenvalue weighted by atomic mass is 16.7. The van der Waals surface area contributed by atoms with Crippen LogP contribution in [-0.4, -0.2) is 70.1 Å². The molecule has 7 rings (SSSR count). The Morgan fingerprint density at radius 3 is 2.63 bits per heavy atom. The fourth-order valence-electron chi connectivity index (χ4n) is 7.79. The van der Waals surface area contributed by atoms with E-state index in [-0.39, 0.29) is 36.6 Å². The molecule has 0 bridgehead atoms. The molecule has 7 nitrogen and oxygen atoms in total. The van der Waals surface area contributed by atoms with E-state index in [1.807, 2.05) is 0 Å². The molecule has 0 unspecified atom stereocenters. The molecule has 27 heavy (non-hydrogen) atoms. The van der Waals surface area contributed by atoms with Gasteiger partial charge in [0.1, 0.15) is 42.2 Å². The summed E-state index contributed by atoms with van der Waals surface area (Å²) in [6, 6.07) is 0. The quantitative estimate of drug-likeness (QED) is 0.493. The second kappa shape index (κ2) is 4.00. The first-order valence-electron chi connectivity index (χ1n) is 10.1. The third-order valence-corrected chi connectivity index (χ3v) is 9.10. The summed E-state index contributed by atoms with van der Waals surface area (Å²) in [5.41, 5.74) is -1.05. The topological polar surface area (TPSA) is 104 Å². The van der Waals surface area contributed by atoms with Crippen LogP contribution in [0.3, 0.4) is 0 Å². The normalized spacial score (nSPS) is 64.0. The molecule has 0 aromatic rings. The number of carbonyl (C=O) groups excluding carboxylic acids is 1. The molecule has 3 aliphatic carbocycles. The van der Waals surface area contributed by atoms with Crippen molar-refractivity contribution in [2.45, 2.75) is 80.9 Å². The summed E-state index contributed by atoms with van der Waals surface area (Å²) in [4.78, 5) is 12.1. The highest BCUT2D eigenvalue weighted by Gasteiger charge is 3.01. The van der Waals surface area contributed by atoms with E-state index in [2.05, 4.69) is 20.8 Å². The predicted octanol–water partition coefficient (Wildman–Crippen LogP) is 0.0739. The van der Waals surface area contributed by atoms with Gasteiger partial charge in [-0.2, -0.15) is 0 Å². The number of ether oxygens (including phenoxy) is 4. The van der Waals surface area contributed by atoms with Gasteiger partial charge in [-0.3, -0.25) is 0 Å². The minimum atomic E-state index is -0.916. The summed E-state index contributed by atoms with van der Waals surface area (Å²) < 4.78 is 24.0. The zero-order chi connectivity index (χ0) is 18.7. The molecular formula is C20H24O7. The van der Waals surface area contributed by atoms with E-state index in [1.54, 1.807) is 0 Å². The van der Waals surface area contributed by atoms with Gasteiger partial charge in [-0.1, -0.05) is 20.8 Å². The van der Waals surface area contributed by atoms with Gasteiger partial charge in [0, 0.05) is 16.9 Å². The predicted molar refractivity (Wildman–Crippen MR) is 88.5 cm³/mol. The Bertz CT molecular complexity index is 851. The Labute approximate surface area is 156 Å². The summed E-state index contributed by atoms with van der Waals surface area (Å²) in [7, 11) is 0. The van der Waals surface area contributed by atoms with Gasteiger partial charge in [0.15, 0.2) is 5.60 Å². The second-order valence-electron chi connectivity index (χ2n) is 10.0. The lowest BCUT2D eigenvalue weighted by Gasteiger charge is -2.54. The van der Waals surface area contributed by atoms with E-state index in [9.17, 15) is 15.0 Å². The van der Waals surface area contributed by atoms with Crippen molar-refractivity contribution in [1.29, 1.82) is 0 Å². The smallest absolute Gasteiger partial charge is 0.334 e. The molecule has 4 aliphatic heterocycles. The van der Waals surface area contributed by atoms with Crippen LogP contribution in [0.4, 0.5) is 0 Å². The molecule has 2 spiro atoms. The molecule has 4 heterocycles. The molecule has 10 atom stereocenters. The minimum Gasteiger partial charge on any atom is -0.458 e. The molecule has 7 heteroatoms. The summed E-state index contributed by atoms with van der Waals surface area (Å²) in [6.45, 7) is 6.47. The average molecular weight is 376 g/mol. The van der Waals surface area contributed by atoms with Crippen molar-refractivity contribution in [3.63, 3.8) is 0 Å². The van der Waals surface area contributed by atoms with Crippen molar-refractivity contribution in [3.05, 3.63) is 11.1 Å². The van der Waals surface area contributed by atoms with Crippen LogP contribution in [0.1, 0.15) is 33.6 Å². The Hall–Kier alpha value is -0.990. The van der Waals surface area contributed by atoms with Crippen LogP contribution in [0, 0.1) is 17.3 Å². The van der Waals surface area contributed by atoms with Crippen molar-refractivity contribution in [2.24, 2.45) is 17.3 Å². The number of fused-ring (bicyclic) bond motifs is 4. The lowest BCUT2D eigenvalue weighted by molar-refractivity contribution is -0.136. The Morgan fingerprint density at radius 2 is 1.89 bits per heavy atom. The molecule has 3 saturated heterocycles. The Balaban J connectivity index is 1.41. The maximum atomic E-state index is 12.1. The molecule has 0 aromatic carbocycles. The molecule has 146 valence electrons. The Morgan fingerprint density at radius 1 is 1.11 bits per heavy atom. The van der Waals surface area contributed by atoms with Crippen molar-refractivity contribution in [1.82, 2.24) is 0 Å². The lowest BCUT2D eigenvalue weighted by atomic mass is 9.46. The van der Waals surface area contributed by atoms with Crippen molar-refractivity contribution in [2.75, 3.05) is 6.61 Å². The largest absolute Gasteiger partial charge is 0.458 e. The molecule has 0 radical (unpaired) electrons. The number of hydrogen-bond donors (Lipinski definition) is 2. The highest BCUT2D eigenvalue weighted by Crippen LogP contribution is 2.82. The van der Waals surface area contributed by atoms with E-state index in [0.29, 0.717) is 18.4 Å². The zero-order valence-corrected chi connectivity index (χ0v) is 15.6. The SMILES string of the molecule is CC(C)[C@]12O[C@H]1[C@@H]1O[C@]13[C@]1(O[C@H]1[C@H](O)[C@H]1C4=C(CC[C@@]13C)C(=O)OC4)[C@@H]2O. The van der Waals surface area contributed by atoms with Crippen LogP contribution >= 0.6 is 0 Å². The molecule has 7 aliphatic rings. The third-order valence-electron chi connectivity index (χ3n) is 9.10. The Kier molecular flexibility index (Phi) is 2.35. The maximum Gasteiger partial charge on any atom is 0.334 e. The summed E-state index contributed by atoms with van der Waals surface area (Å²) in [6.07, 6.45) is -1.07. The van der Waals surface area contributed by atoms with E-state index < -0.39 is 40.5 Å². The van der Waals surface area contributed by atoms with Crippen LogP contribution in [-0.2, 0) is 23.7 Å². The zero-order valence-electron chi connectivity index (χ0n) is 15.6. The molecule has 5 fully saturated rings. The van der Waals surface area contributed by atoms with Gasteiger partial charge in [-0.15, -0.1) is 0 Å². The second-order valence-corrected chi connectivity index (χ2v) is 10.0. The number of cyclic esters (lactones) is 1. The maximum absolute atomic E-state index is 12.1. The number of hydrogen-bond acceptors (Lipinski definition) is 7. The van der Waals surface area contributed by atoms with Crippen LogP contribution in [0.5, 0.6) is 0 Å². The van der Waals surface area contributed by atoms with Gasteiger partial charge < -0.3 is 29.2 Å². The highest BCUT2D eigenvalue weighted by molar-refractivity contribution is 5.92. The molecule has 2 saturated carbocycles. The number of esters is 1. The van der Waals surface area contributed by atoms with E-state index in [0.717, 1.165) is 5.57 Å². The molecule has 0 amide bonds. The van der Waals surface area contributed by atoms with Crippen molar-refractivity contribution < 1.29 is 34.0 Å². The van der Waals surface area contributed by atoms with Gasteiger partial charge in [-0.25, -0.2) is 4.79 Å². The van der Waals surface area contributed by atoms with Crippen molar-refractivity contribution in [3.8, 4) is 0 Å². The number of aliphatic hydroxyl groups is 2. The molecule has 0 aromatic heterocycles. The van der Waals surface area contributed by atoms with Gasteiger partial charge in [-0.05, 0) is 24.3 Å². The first-order chi connectivity index (χ1) is 12.8. The number of epoxide rings is 3. The van der Waals surface area contributed by atoms with E-state index in [4.69, 9.17) is 18.9 Å². The van der Waals surface area contributed by atoms with Crippen LogP contribution in [0.25, 0.3) is 0 Å². The van der Waals surface area contributed by atoms with Gasteiger partial charge in [0.05, 0.1) is 6.10 Å². The first kappa shape index (κ1) is 15.9. The fourth-order valence-corrected chi connectivity index (χ4v) is 7.79. The number of aliphatic hydroxyl groups excluding tert-OH is 2. The fraction of sp³-hybridized carbons (Fsp3) is 0.850.